The maximum absolute atomic E-state index is 10.8. The number of fused-ring (bicyclic) bond motifs is 1. The predicted molar refractivity (Wildman–Crippen MR) is 62.0 cm³/mol. The van der Waals surface area contributed by atoms with Crippen LogP contribution in [-0.4, -0.2) is 5.97 Å². The number of benzene rings is 1. The average Bonchev–Trinajstić information content (AvgIpc) is 2.59. The number of esters is 1. The van der Waals surface area contributed by atoms with Gasteiger partial charge in [-0.05, 0) is 24.4 Å². The van der Waals surface area contributed by atoms with Crippen molar-refractivity contribution >= 4 is 27.4 Å². The van der Waals surface area contributed by atoms with Gasteiger partial charge in [0.25, 0.3) is 0 Å². The lowest BCUT2D eigenvalue weighted by Crippen LogP contribution is -2.02. The first kappa shape index (κ1) is 10.2. The summed E-state index contributed by atoms with van der Waals surface area (Å²) in [5.41, 5.74) is 0. The molecule has 0 fully saturated rings. The lowest BCUT2D eigenvalue weighted by molar-refractivity contribution is -0.145. The molecule has 0 saturated carbocycles. The molecule has 2 nitrogen and oxygen atoms in total. The molecule has 0 saturated heterocycles. The number of ether oxygens (including phenoxy) is 1. The van der Waals surface area contributed by atoms with E-state index in [1.54, 1.807) is 11.3 Å². The summed E-state index contributed by atoms with van der Waals surface area (Å²) in [6.07, 6.45) is -0.153. The van der Waals surface area contributed by atoms with Crippen LogP contribution in [0.3, 0.4) is 0 Å². The summed E-state index contributed by atoms with van der Waals surface area (Å²) in [5, 5.41) is 1.21. The van der Waals surface area contributed by atoms with E-state index in [0.717, 1.165) is 4.88 Å². The van der Waals surface area contributed by atoms with Crippen LogP contribution in [0.5, 0.6) is 0 Å². The van der Waals surface area contributed by atoms with Crippen LogP contribution < -0.4 is 0 Å². The fraction of sp³-hybridized carbons (Fsp3) is 0.250. The van der Waals surface area contributed by atoms with Gasteiger partial charge in [-0.2, -0.15) is 0 Å². The maximum atomic E-state index is 10.8. The average molecular weight is 220 g/mol. The zero-order valence-corrected chi connectivity index (χ0v) is 9.51. The van der Waals surface area contributed by atoms with Crippen LogP contribution in [0.15, 0.2) is 30.3 Å². The van der Waals surface area contributed by atoms with Crippen LogP contribution in [-0.2, 0) is 9.53 Å². The molecule has 0 N–H and O–H groups in total. The molecule has 3 heteroatoms. The molecule has 2 aromatic rings. The van der Waals surface area contributed by atoms with Crippen molar-refractivity contribution in [3.63, 3.8) is 0 Å². The van der Waals surface area contributed by atoms with Crippen LogP contribution in [0.4, 0.5) is 0 Å². The molecule has 0 bridgehead atoms. The van der Waals surface area contributed by atoms with Crippen molar-refractivity contribution in [3.8, 4) is 0 Å². The van der Waals surface area contributed by atoms with Gasteiger partial charge in [-0.1, -0.05) is 18.2 Å². The highest BCUT2D eigenvalue weighted by Crippen LogP contribution is 2.31. The Bertz CT molecular complexity index is 454. The summed E-state index contributed by atoms with van der Waals surface area (Å²) in [7, 11) is 0. The van der Waals surface area contributed by atoms with Crippen molar-refractivity contribution in [1.29, 1.82) is 0 Å². The molecule has 0 spiro atoms. The minimum atomic E-state index is -0.236. The topological polar surface area (TPSA) is 26.3 Å². The van der Waals surface area contributed by atoms with E-state index in [4.69, 9.17) is 4.74 Å². The van der Waals surface area contributed by atoms with E-state index < -0.39 is 0 Å². The van der Waals surface area contributed by atoms with Gasteiger partial charge >= 0.3 is 5.97 Å². The zero-order valence-electron chi connectivity index (χ0n) is 8.69. The van der Waals surface area contributed by atoms with Crippen molar-refractivity contribution in [2.75, 3.05) is 0 Å². The fourth-order valence-electron chi connectivity index (χ4n) is 1.51. The molecule has 1 aromatic heterocycles. The first-order valence-electron chi connectivity index (χ1n) is 4.82. The molecule has 0 aliphatic carbocycles. The van der Waals surface area contributed by atoms with E-state index in [9.17, 15) is 4.79 Å². The Morgan fingerprint density at radius 2 is 2.13 bits per heavy atom. The first-order chi connectivity index (χ1) is 7.16. The highest BCUT2D eigenvalue weighted by molar-refractivity contribution is 7.19. The normalized spacial score (nSPS) is 12.7. The second kappa shape index (κ2) is 4.03. The quantitative estimate of drug-likeness (QED) is 0.724. The highest BCUT2D eigenvalue weighted by atomic mass is 32.1. The van der Waals surface area contributed by atoms with Gasteiger partial charge < -0.3 is 4.74 Å². The number of thiophene rings is 1. The van der Waals surface area contributed by atoms with E-state index >= 15 is 0 Å². The smallest absolute Gasteiger partial charge is 0.303 e. The van der Waals surface area contributed by atoms with E-state index in [2.05, 4.69) is 18.2 Å². The Hall–Kier alpha value is -1.35. The van der Waals surface area contributed by atoms with Gasteiger partial charge in [-0.15, -0.1) is 11.3 Å². The van der Waals surface area contributed by atoms with Crippen molar-refractivity contribution in [3.05, 3.63) is 35.2 Å². The van der Waals surface area contributed by atoms with E-state index in [-0.39, 0.29) is 12.1 Å². The Morgan fingerprint density at radius 3 is 2.80 bits per heavy atom. The Labute approximate surface area is 92.5 Å². The molecular weight excluding hydrogens is 208 g/mol. The van der Waals surface area contributed by atoms with E-state index in [0.29, 0.717) is 0 Å². The van der Waals surface area contributed by atoms with Crippen LogP contribution in [0.1, 0.15) is 24.8 Å². The van der Waals surface area contributed by atoms with Gasteiger partial charge in [-0.3, -0.25) is 4.79 Å². The SMILES string of the molecule is CC(=O)O[C@H](C)c1cc2ccccc2s1. The van der Waals surface area contributed by atoms with Crippen molar-refractivity contribution in [2.45, 2.75) is 20.0 Å². The second-order valence-electron chi connectivity index (χ2n) is 3.44. The summed E-state index contributed by atoms with van der Waals surface area (Å²) in [4.78, 5) is 11.9. The van der Waals surface area contributed by atoms with Crippen LogP contribution in [0, 0.1) is 0 Å². The molecule has 2 rings (SSSR count). The molecule has 0 aliphatic heterocycles. The first-order valence-corrected chi connectivity index (χ1v) is 5.64. The Balaban J connectivity index is 2.32. The lowest BCUT2D eigenvalue weighted by Gasteiger charge is -2.08. The third-order valence-electron chi connectivity index (χ3n) is 2.19. The number of hydrogen-bond donors (Lipinski definition) is 0. The molecule has 0 amide bonds. The molecular formula is C12H12O2S. The third-order valence-corrected chi connectivity index (χ3v) is 3.47. The molecule has 0 radical (unpaired) electrons. The lowest BCUT2D eigenvalue weighted by atomic mass is 10.2. The van der Waals surface area contributed by atoms with Crippen molar-refractivity contribution in [1.82, 2.24) is 0 Å². The molecule has 15 heavy (non-hydrogen) atoms. The minimum absolute atomic E-state index is 0.153. The van der Waals surface area contributed by atoms with Gasteiger partial charge in [0.15, 0.2) is 0 Å². The van der Waals surface area contributed by atoms with E-state index in [1.807, 2.05) is 19.1 Å². The molecule has 0 aliphatic rings. The fourth-order valence-corrected chi connectivity index (χ4v) is 2.56. The van der Waals surface area contributed by atoms with Gasteiger partial charge in [0.1, 0.15) is 6.10 Å². The third kappa shape index (κ3) is 2.18. The largest absolute Gasteiger partial charge is 0.457 e. The van der Waals surface area contributed by atoms with Gasteiger partial charge in [0.05, 0.1) is 0 Å². The van der Waals surface area contributed by atoms with Crippen molar-refractivity contribution < 1.29 is 9.53 Å². The minimum Gasteiger partial charge on any atom is -0.457 e. The summed E-state index contributed by atoms with van der Waals surface area (Å²) in [6.45, 7) is 3.33. The van der Waals surface area contributed by atoms with Crippen LogP contribution in [0.2, 0.25) is 0 Å². The summed E-state index contributed by atoms with van der Waals surface area (Å²) >= 11 is 1.67. The molecule has 1 aromatic carbocycles. The predicted octanol–water partition coefficient (Wildman–Crippen LogP) is 3.53. The number of hydrogen-bond acceptors (Lipinski definition) is 3. The van der Waals surface area contributed by atoms with Crippen LogP contribution >= 0.6 is 11.3 Å². The number of carbonyl (C=O) groups excluding carboxylic acids is 1. The van der Waals surface area contributed by atoms with E-state index in [1.165, 1.54) is 17.0 Å². The standard InChI is InChI=1S/C12H12O2S/c1-8(14-9(2)13)12-7-10-5-3-4-6-11(10)15-12/h3-8H,1-2H3/t8-/m1/s1. The number of carbonyl (C=O) groups is 1. The van der Waals surface area contributed by atoms with Crippen LogP contribution in [0.25, 0.3) is 10.1 Å². The van der Waals surface area contributed by atoms with Gasteiger partial charge in [-0.25, -0.2) is 0 Å². The Kier molecular flexibility index (Phi) is 2.73. The molecule has 78 valence electrons. The Morgan fingerprint density at radius 1 is 1.40 bits per heavy atom. The summed E-state index contributed by atoms with van der Waals surface area (Å²) < 4.78 is 6.37. The molecule has 1 atom stereocenters. The maximum Gasteiger partial charge on any atom is 0.303 e. The van der Waals surface area contributed by atoms with Gasteiger partial charge in [0.2, 0.25) is 0 Å². The number of rotatable bonds is 2. The van der Waals surface area contributed by atoms with Crippen molar-refractivity contribution in [2.24, 2.45) is 0 Å². The molecule has 0 unspecified atom stereocenters. The monoisotopic (exact) mass is 220 g/mol. The zero-order chi connectivity index (χ0) is 10.8. The summed E-state index contributed by atoms with van der Waals surface area (Å²) in [6, 6.07) is 10.2. The highest BCUT2D eigenvalue weighted by Gasteiger charge is 2.11. The summed E-state index contributed by atoms with van der Waals surface area (Å²) in [5.74, 6) is -0.236. The second-order valence-corrected chi connectivity index (χ2v) is 4.55. The van der Waals surface area contributed by atoms with Gasteiger partial charge in [0, 0.05) is 16.5 Å². The molecule has 1 heterocycles.